The maximum absolute atomic E-state index is 13.7. The average molecular weight is 458 g/mol. The summed E-state index contributed by atoms with van der Waals surface area (Å²) in [6.45, 7) is 3.76. The van der Waals surface area contributed by atoms with Gasteiger partial charge in [0.2, 0.25) is 10.0 Å². The van der Waals surface area contributed by atoms with Crippen molar-refractivity contribution in [2.75, 3.05) is 0 Å². The molecular weight excluding hydrogens is 434 g/mol. The first-order chi connectivity index (χ1) is 14.7. The van der Waals surface area contributed by atoms with Crippen LogP contribution >= 0.6 is 11.6 Å². The molecule has 3 aromatic carbocycles. The monoisotopic (exact) mass is 457 g/mol. The molecule has 162 valence electrons. The van der Waals surface area contributed by atoms with E-state index < -0.39 is 22.0 Å². The zero-order valence-corrected chi connectivity index (χ0v) is 18.9. The van der Waals surface area contributed by atoms with Crippen LogP contribution in [0.25, 0.3) is 0 Å². The van der Waals surface area contributed by atoms with Crippen molar-refractivity contribution >= 4 is 27.6 Å². The van der Waals surface area contributed by atoms with E-state index in [9.17, 15) is 18.3 Å². The zero-order chi connectivity index (χ0) is 22.6. The highest BCUT2D eigenvalue weighted by Gasteiger charge is 2.32. The summed E-state index contributed by atoms with van der Waals surface area (Å²) in [5.41, 5.74) is 2.32. The van der Waals surface area contributed by atoms with Crippen LogP contribution in [0.1, 0.15) is 46.4 Å². The normalized spacial score (nSPS) is 12.6. The number of hydrogen-bond acceptors (Lipinski definition) is 3. The molecule has 0 aromatic heterocycles. The second kappa shape index (κ2) is 9.64. The second-order valence-corrected chi connectivity index (χ2v) is 9.68. The smallest absolute Gasteiger partial charge is 0.335 e. The first-order valence-corrected chi connectivity index (χ1v) is 11.7. The number of carbonyl (C=O) groups is 1. The predicted molar refractivity (Wildman–Crippen MR) is 122 cm³/mol. The Morgan fingerprint density at radius 1 is 1.03 bits per heavy atom. The zero-order valence-electron chi connectivity index (χ0n) is 17.3. The molecule has 0 aliphatic heterocycles. The molecule has 1 unspecified atom stereocenters. The van der Waals surface area contributed by atoms with Crippen molar-refractivity contribution in [2.24, 2.45) is 0 Å². The van der Waals surface area contributed by atoms with Crippen LogP contribution in [0.2, 0.25) is 5.02 Å². The minimum absolute atomic E-state index is 0.0420. The van der Waals surface area contributed by atoms with Gasteiger partial charge in [0.25, 0.3) is 0 Å². The van der Waals surface area contributed by atoms with Gasteiger partial charge >= 0.3 is 5.97 Å². The van der Waals surface area contributed by atoms with E-state index in [2.05, 4.69) is 0 Å². The second-order valence-electron chi connectivity index (χ2n) is 7.35. The number of rotatable bonds is 8. The van der Waals surface area contributed by atoms with Gasteiger partial charge in [0, 0.05) is 11.6 Å². The molecule has 31 heavy (non-hydrogen) atoms. The highest BCUT2D eigenvalue weighted by Crippen LogP contribution is 2.33. The van der Waals surface area contributed by atoms with Crippen molar-refractivity contribution in [3.05, 3.63) is 100 Å². The van der Waals surface area contributed by atoms with Crippen LogP contribution in [0.5, 0.6) is 0 Å². The lowest BCUT2D eigenvalue weighted by Gasteiger charge is -2.31. The van der Waals surface area contributed by atoms with Crippen LogP contribution in [0, 0.1) is 6.92 Å². The Hall–Kier alpha value is -2.67. The molecule has 1 N–H and O–H groups in total. The molecule has 0 amide bonds. The molecule has 0 fully saturated rings. The number of halogens is 1. The predicted octanol–water partition coefficient (Wildman–Crippen LogP) is 5.69. The van der Waals surface area contributed by atoms with Gasteiger partial charge in [-0.3, -0.25) is 0 Å². The van der Waals surface area contributed by atoms with E-state index in [1.54, 1.807) is 55.5 Å². The van der Waals surface area contributed by atoms with Crippen molar-refractivity contribution in [1.82, 2.24) is 4.31 Å². The summed E-state index contributed by atoms with van der Waals surface area (Å²) in [6.07, 6.45) is 0.533. The molecule has 0 spiro atoms. The number of aromatic carboxylic acids is 1. The Kier molecular flexibility index (Phi) is 7.15. The Bertz CT molecular complexity index is 1160. The first-order valence-electron chi connectivity index (χ1n) is 9.88. The molecule has 0 saturated heterocycles. The maximum Gasteiger partial charge on any atom is 0.335 e. The molecular formula is C24H24ClNO4S. The van der Waals surface area contributed by atoms with E-state index in [0.29, 0.717) is 17.0 Å². The molecule has 5 nitrogen and oxygen atoms in total. The van der Waals surface area contributed by atoms with Crippen LogP contribution in [0.15, 0.2) is 77.7 Å². The fourth-order valence-electron chi connectivity index (χ4n) is 3.64. The Labute approximate surface area is 188 Å². The number of carboxylic acids is 1. The van der Waals surface area contributed by atoms with Crippen LogP contribution in [0.4, 0.5) is 0 Å². The summed E-state index contributed by atoms with van der Waals surface area (Å²) in [5.74, 6) is -1.05. The molecule has 0 saturated carbocycles. The van der Waals surface area contributed by atoms with Crippen molar-refractivity contribution in [2.45, 2.75) is 37.8 Å². The summed E-state index contributed by atoms with van der Waals surface area (Å²) in [6, 6.07) is 19.8. The standard InChI is InChI=1S/C24H24ClNO4S/c1-3-23(19-9-11-21(25)12-10-19)26(31(29,30)22-7-5-4-6-8-22)16-18-13-17(2)14-20(15-18)24(27)28/h4-15,23H,3,16H2,1-2H3,(H,27,28). The third-order valence-corrected chi connectivity index (χ3v) is 7.18. The van der Waals surface area contributed by atoms with Gasteiger partial charge in [-0.05, 0) is 66.4 Å². The summed E-state index contributed by atoms with van der Waals surface area (Å²) in [7, 11) is -3.86. The first kappa shape index (κ1) is 23.0. The van der Waals surface area contributed by atoms with E-state index >= 15 is 0 Å². The number of nitrogens with zero attached hydrogens (tertiary/aromatic N) is 1. The topological polar surface area (TPSA) is 74.7 Å². The Morgan fingerprint density at radius 2 is 1.68 bits per heavy atom. The van der Waals surface area contributed by atoms with Crippen LogP contribution in [-0.4, -0.2) is 23.8 Å². The lowest BCUT2D eigenvalue weighted by atomic mass is 10.0. The Balaban J connectivity index is 2.12. The number of carboxylic acid groups (broad SMARTS) is 1. The number of aryl methyl sites for hydroxylation is 1. The third kappa shape index (κ3) is 5.34. The van der Waals surface area contributed by atoms with Gasteiger partial charge in [0.1, 0.15) is 0 Å². The quantitative estimate of drug-likeness (QED) is 0.471. The lowest BCUT2D eigenvalue weighted by molar-refractivity contribution is 0.0696. The highest BCUT2D eigenvalue weighted by atomic mass is 35.5. The van der Waals surface area contributed by atoms with E-state index in [1.807, 2.05) is 25.1 Å². The summed E-state index contributed by atoms with van der Waals surface area (Å²) >= 11 is 6.03. The van der Waals surface area contributed by atoms with E-state index in [-0.39, 0.29) is 17.0 Å². The van der Waals surface area contributed by atoms with E-state index in [4.69, 9.17) is 11.6 Å². The SMILES string of the molecule is CCC(c1ccc(Cl)cc1)N(Cc1cc(C)cc(C(=O)O)c1)S(=O)(=O)c1ccccc1. The van der Waals surface area contributed by atoms with Gasteiger partial charge in [-0.1, -0.05) is 54.9 Å². The van der Waals surface area contributed by atoms with Crippen LogP contribution in [0.3, 0.4) is 0 Å². The molecule has 3 aromatic rings. The molecule has 0 radical (unpaired) electrons. The average Bonchev–Trinajstić information content (AvgIpc) is 2.75. The van der Waals surface area contributed by atoms with Crippen molar-refractivity contribution in [3.63, 3.8) is 0 Å². The number of sulfonamides is 1. The van der Waals surface area contributed by atoms with Gasteiger partial charge in [-0.15, -0.1) is 0 Å². The fraction of sp³-hybridized carbons (Fsp3) is 0.208. The number of benzene rings is 3. The van der Waals surface area contributed by atoms with Crippen molar-refractivity contribution < 1.29 is 18.3 Å². The van der Waals surface area contributed by atoms with Gasteiger partial charge in [0.05, 0.1) is 16.5 Å². The number of hydrogen-bond donors (Lipinski definition) is 1. The van der Waals surface area contributed by atoms with Gasteiger partial charge in [-0.25, -0.2) is 13.2 Å². The molecule has 7 heteroatoms. The molecule has 0 heterocycles. The molecule has 0 aliphatic carbocycles. The maximum atomic E-state index is 13.7. The van der Waals surface area contributed by atoms with Gasteiger partial charge in [-0.2, -0.15) is 4.31 Å². The van der Waals surface area contributed by atoms with Gasteiger partial charge < -0.3 is 5.11 Å². The lowest BCUT2D eigenvalue weighted by Crippen LogP contribution is -2.34. The van der Waals surface area contributed by atoms with Crippen molar-refractivity contribution in [3.8, 4) is 0 Å². The largest absolute Gasteiger partial charge is 0.478 e. The summed E-state index contributed by atoms with van der Waals surface area (Å²) in [5, 5.41) is 9.99. The minimum Gasteiger partial charge on any atom is -0.478 e. The molecule has 1 atom stereocenters. The Morgan fingerprint density at radius 3 is 2.26 bits per heavy atom. The van der Waals surface area contributed by atoms with Crippen LogP contribution < -0.4 is 0 Å². The molecule has 3 rings (SSSR count). The van der Waals surface area contributed by atoms with Crippen LogP contribution in [-0.2, 0) is 16.6 Å². The van der Waals surface area contributed by atoms with Crippen molar-refractivity contribution in [1.29, 1.82) is 0 Å². The third-order valence-electron chi connectivity index (χ3n) is 5.06. The van der Waals surface area contributed by atoms with E-state index in [1.165, 1.54) is 10.4 Å². The summed E-state index contributed by atoms with van der Waals surface area (Å²) in [4.78, 5) is 11.7. The highest BCUT2D eigenvalue weighted by molar-refractivity contribution is 7.89. The molecule has 0 aliphatic rings. The van der Waals surface area contributed by atoms with E-state index in [0.717, 1.165) is 11.1 Å². The fourth-order valence-corrected chi connectivity index (χ4v) is 5.46. The summed E-state index contributed by atoms with van der Waals surface area (Å²) < 4.78 is 28.8. The van der Waals surface area contributed by atoms with Gasteiger partial charge in [0.15, 0.2) is 0 Å². The molecule has 0 bridgehead atoms. The minimum atomic E-state index is -3.86.